The Morgan fingerprint density at radius 2 is 1.88 bits per heavy atom. The number of ketones is 1. The average Bonchev–Trinajstić information content (AvgIpc) is 2.91. The summed E-state index contributed by atoms with van der Waals surface area (Å²) in [7, 11) is 0. The first-order chi connectivity index (χ1) is 12.3. The number of rotatable bonds is 4. The van der Waals surface area contributed by atoms with E-state index >= 15 is 0 Å². The number of Topliss-reactive ketones (excluding diaryl/α,β-unsaturated/α-hetero) is 1. The number of carbonyl (C=O) groups is 1. The SMILES string of the molecule is CCCNC[C@@]1(O)CC[C@@]2(C)C(CCC3C2CC[C@]2(C)C(=O)CCC32)C1. The molecule has 0 aromatic rings. The Morgan fingerprint density at radius 1 is 1.08 bits per heavy atom. The Morgan fingerprint density at radius 3 is 2.65 bits per heavy atom. The van der Waals surface area contributed by atoms with Gasteiger partial charge in [0.15, 0.2) is 0 Å². The lowest BCUT2D eigenvalue weighted by Crippen LogP contribution is -2.57. The van der Waals surface area contributed by atoms with Crippen molar-refractivity contribution < 1.29 is 9.90 Å². The van der Waals surface area contributed by atoms with Gasteiger partial charge in [-0.3, -0.25) is 4.79 Å². The van der Waals surface area contributed by atoms with Crippen LogP contribution in [0.2, 0.25) is 0 Å². The minimum Gasteiger partial charge on any atom is -0.389 e. The quantitative estimate of drug-likeness (QED) is 0.733. The Hall–Kier alpha value is -0.410. The first kappa shape index (κ1) is 18.9. The Balaban J connectivity index is 1.50. The second-order valence-electron chi connectivity index (χ2n) is 10.7. The molecule has 4 fully saturated rings. The summed E-state index contributed by atoms with van der Waals surface area (Å²) in [6, 6.07) is 0. The molecule has 2 N–H and O–H groups in total. The lowest BCUT2D eigenvalue weighted by molar-refractivity contribution is -0.153. The monoisotopic (exact) mass is 361 g/mol. The van der Waals surface area contributed by atoms with Crippen LogP contribution in [0.1, 0.15) is 85.0 Å². The van der Waals surface area contributed by atoms with Crippen LogP contribution in [0.3, 0.4) is 0 Å². The molecule has 148 valence electrons. The average molecular weight is 362 g/mol. The van der Waals surface area contributed by atoms with Crippen molar-refractivity contribution in [3.05, 3.63) is 0 Å². The highest BCUT2D eigenvalue weighted by molar-refractivity contribution is 5.87. The molecule has 0 spiro atoms. The molecule has 0 radical (unpaired) electrons. The fourth-order valence-electron chi connectivity index (χ4n) is 7.75. The predicted molar refractivity (Wildman–Crippen MR) is 105 cm³/mol. The molecule has 4 saturated carbocycles. The van der Waals surface area contributed by atoms with Crippen LogP contribution in [-0.4, -0.2) is 29.6 Å². The van der Waals surface area contributed by atoms with Crippen molar-refractivity contribution in [2.75, 3.05) is 13.1 Å². The van der Waals surface area contributed by atoms with E-state index in [0.717, 1.165) is 63.5 Å². The summed E-state index contributed by atoms with van der Waals surface area (Å²) >= 11 is 0. The van der Waals surface area contributed by atoms with E-state index < -0.39 is 5.60 Å². The maximum absolute atomic E-state index is 12.5. The van der Waals surface area contributed by atoms with Crippen molar-refractivity contribution in [2.24, 2.45) is 34.5 Å². The molecule has 0 bridgehead atoms. The lowest BCUT2D eigenvalue weighted by Gasteiger charge is -2.61. The normalized spacial score (nSPS) is 50.8. The number of hydrogen-bond donors (Lipinski definition) is 2. The highest BCUT2D eigenvalue weighted by Gasteiger charge is 2.61. The minimum absolute atomic E-state index is 0.0101. The van der Waals surface area contributed by atoms with E-state index in [0.29, 0.717) is 23.0 Å². The van der Waals surface area contributed by atoms with Gasteiger partial charge in [0.1, 0.15) is 5.78 Å². The Kier molecular flexibility index (Phi) is 4.79. The molecule has 3 nitrogen and oxygen atoms in total. The molecule has 4 unspecified atom stereocenters. The second-order valence-corrected chi connectivity index (χ2v) is 10.7. The van der Waals surface area contributed by atoms with E-state index in [-0.39, 0.29) is 5.41 Å². The summed E-state index contributed by atoms with van der Waals surface area (Å²) in [5, 5.41) is 14.6. The first-order valence-corrected chi connectivity index (χ1v) is 11.3. The summed E-state index contributed by atoms with van der Waals surface area (Å²) in [4.78, 5) is 12.5. The molecular formula is C23H39NO2. The molecule has 0 heterocycles. The van der Waals surface area contributed by atoms with Crippen molar-refractivity contribution in [1.82, 2.24) is 5.32 Å². The molecule has 0 saturated heterocycles. The predicted octanol–water partition coefficient (Wildman–Crippen LogP) is 4.33. The van der Waals surface area contributed by atoms with Gasteiger partial charge in [-0.05, 0) is 93.4 Å². The molecule has 7 atom stereocenters. The van der Waals surface area contributed by atoms with Crippen LogP contribution < -0.4 is 5.32 Å². The van der Waals surface area contributed by atoms with E-state index in [1.165, 1.54) is 25.7 Å². The van der Waals surface area contributed by atoms with E-state index in [4.69, 9.17) is 0 Å². The molecule has 26 heavy (non-hydrogen) atoms. The third-order valence-corrected chi connectivity index (χ3v) is 9.41. The van der Waals surface area contributed by atoms with Gasteiger partial charge in [-0.15, -0.1) is 0 Å². The third kappa shape index (κ3) is 2.80. The fraction of sp³-hybridized carbons (Fsp3) is 0.957. The van der Waals surface area contributed by atoms with Crippen molar-refractivity contribution in [3.63, 3.8) is 0 Å². The van der Waals surface area contributed by atoms with Crippen LogP contribution in [0.5, 0.6) is 0 Å². The summed E-state index contributed by atoms with van der Waals surface area (Å²) in [6.07, 6.45) is 11.1. The molecule has 0 aliphatic heterocycles. The van der Waals surface area contributed by atoms with Crippen molar-refractivity contribution >= 4 is 5.78 Å². The topological polar surface area (TPSA) is 49.3 Å². The van der Waals surface area contributed by atoms with Gasteiger partial charge in [0.2, 0.25) is 0 Å². The summed E-state index contributed by atoms with van der Waals surface area (Å²) in [5.41, 5.74) is -0.130. The van der Waals surface area contributed by atoms with Gasteiger partial charge in [0.05, 0.1) is 5.60 Å². The zero-order valence-corrected chi connectivity index (χ0v) is 17.2. The smallest absolute Gasteiger partial charge is 0.139 e. The third-order valence-electron chi connectivity index (χ3n) is 9.41. The highest BCUT2D eigenvalue weighted by atomic mass is 16.3. The van der Waals surface area contributed by atoms with Gasteiger partial charge in [-0.1, -0.05) is 20.8 Å². The van der Waals surface area contributed by atoms with Gasteiger partial charge >= 0.3 is 0 Å². The molecule has 3 heteroatoms. The van der Waals surface area contributed by atoms with E-state index in [9.17, 15) is 9.90 Å². The van der Waals surface area contributed by atoms with Crippen LogP contribution in [0.15, 0.2) is 0 Å². The standard InChI is InChI=1S/C23H39NO2/c1-4-13-24-15-23(26)12-11-21(2)16(14-23)5-6-17-18-7-8-20(25)22(18,3)10-9-19(17)21/h16-19,24,26H,4-15H2,1-3H3/t16?,17?,18?,19?,21-,22-,23+/m0/s1. The number of aliphatic hydroxyl groups is 1. The van der Waals surface area contributed by atoms with Gasteiger partial charge in [-0.25, -0.2) is 0 Å². The molecule has 4 rings (SSSR count). The Bertz CT molecular complexity index is 562. The van der Waals surface area contributed by atoms with Crippen LogP contribution in [-0.2, 0) is 4.79 Å². The zero-order valence-electron chi connectivity index (χ0n) is 17.2. The van der Waals surface area contributed by atoms with Gasteiger partial charge in [0.25, 0.3) is 0 Å². The van der Waals surface area contributed by atoms with Crippen LogP contribution >= 0.6 is 0 Å². The largest absolute Gasteiger partial charge is 0.389 e. The Labute approximate surface area is 159 Å². The number of fused-ring (bicyclic) bond motifs is 5. The van der Waals surface area contributed by atoms with Gasteiger partial charge in [0, 0.05) is 18.4 Å². The molecule has 4 aliphatic carbocycles. The van der Waals surface area contributed by atoms with Crippen LogP contribution in [0.4, 0.5) is 0 Å². The van der Waals surface area contributed by atoms with Crippen LogP contribution in [0.25, 0.3) is 0 Å². The maximum Gasteiger partial charge on any atom is 0.139 e. The van der Waals surface area contributed by atoms with Crippen LogP contribution in [0, 0.1) is 34.5 Å². The second kappa shape index (κ2) is 6.58. The molecule has 0 aromatic heterocycles. The van der Waals surface area contributed by atoms with Crippen molar-refractivity contribution in [1.29, 1.82) is 0 Å². The first-order valence-electron chi connectivity index (χ1n) is 11.3. The lowest BCUT2D eigenvalue weighted by atomic mass is 9.44. The van der Waals surface area contributed by atoms with Gasteiger partial charge in [-0.2, -0.15) is 0 Å². The molecular weight excluding hydrogens is 322 g/mol. The van der Waals surface area contributed by atoms with Crippen molar-refractivity contribution in [3.8, 4) is 0 Å². The highest BCUT2D eigenvalue weighted by Crippen LogP contribution is 2.66. The molecule has 4 aliphatic rings. The summed E-state index contributed by atoms with van der Waals surface area (Å²) < 4.78 is 0. The number of hydrogen-bond acceptors (Lipinski definition) is 3. The van der Waals surface area contributed by atoms with E-state index in [2.05, 4.69) is 26.1 Å². The number of nitrogens with one attached hydrogen (secondary N) is 1. The minimum atomic E-state index is -0.501. The zero-order chi connectivity index (χ0) is 18.6. The van der Waals surface area contributed by atoms with Crippen molar-refractivity contribution in [2.45, 2.75) is 90.6 Å². The number of carbonyl (C=O) groups excluding carboxylic acids is 1. The maximum atomic E-state index is 12.5. The fourth-order valence-corrected chi connectivity index (χ4v) is 7.75. The molecule has 0 aromatic carbocycles. The van der Waals surface area contributed by atoms with E-state index in [1.54, 1.807) is 0 Å². The molecule has 0 amide bonds. The van der Waals surface area contributed by atoms with E-state index in [1.807, 2.05) is 0 Å². The van der Waals surface area contributed by atoms with Gasteiger partial charge < -0.3 is 10.4 Å². The summed E-state index contributed by atoms with van der Waals surface area (Å²) in [5.74, 6) is 3.38. The summed E-state index contributed by atoms with van der Waals surface area (Å²) in [6.45, 7) is 8.75.